The zero-order valence-electron chi connectivity index (χ0n) is 12.1. The minimum absolute atomic E-state index is 0.133. The molecule has 0 aromatic carbocycles. The smallest absolute Gasteiger partial charge is 0.310 e. The molecule has 3 amide bonds. The molecule has 3 rings (SSSR count). The Labute approximate surface area is 140 Å². The van der Waals surface area contributed by atoms with Gasteiger partial charge in [0.2, 0.25) is 0 Å². The third-order valence-electron chi connectivity index (χ3n) is 3.71. The van der Waals surface area contributed by atoms with Crippen LogP contribution in [-0.2, 0) is 14.7 Å². The topological polar surface area (TPSA) is 153 Å². The van der Waals surface area contributed by atoms with Crippen molar-refractivity contribution in [1.82, 2.24) is 20.3 Å². The fraction of sp³-hybridized carbons (Fsp3) is 0.455. The monoisotopic (exact) mass is 375 g/mol. The summed E-state index contributed by atoms with van der Waals surface area (Å²) in [6.45, 7) is 0.133. The molecular formula is C11H13N5O6S2. The quantitative estimate of drug-likeness (QED) is 0.376. The Hall–Kier alpha value is -2.09. The summed E-state index contributed by atoms with van der Waals surface area (Å²) in [5, 5.41) is 12.8. The van der Waals surface area contributed by atoms with Crippen molar-refractivity contribution in [2.75, 3.05) is 6.54 Å². The average Bonchev–Trinajstić information content (AvgIpc) is 3.11. The van der Waals surface area contributed by atoms with E-state index in [9.17, 15) is 18.0 Å². The molecule has 1 aromatic rings. The standard InChI is InChI=1S/C11H13N5O6S2/c12-8(14-9(17)10-13-3-4-23-10)7-2-1-6-5-15(7)11(18)16(6)22-24(19,20)21/h3-4,6-7H,1-2,5H2,(H2,12,14,17)(H,19,20,21)/t6?,7-/m0/s1. The van der Waals surface area contributed by atoms with Gasteiger partial charge in [-0.1, -0.05) is 0 Å². The van der Waals surface area contributed by atoms with Gasteiger partial charge in [-0.15, -0.1) is 15.6 Å². The number of nitrogens with zero attached hydrogens (tertiary/aromatic N) is 3. The van der Waals surface area contributed by atoms with E-state index in [1.54, 1.807) is 5.38 Å². The highest BCUT2D eigenvalue weighted by molar-refractivity contribution is 7.80. The Morgan fingerprint density at radius 3 is 2.88 bits per heavy atom. The van der Waals surface area contributed by atoms with E-state index in [-0.39, 0.29) is 17.4 Å². The molecule has 0 saturated carbocycles. The van der Waals surface area contributed by atoms with Crippen molar-refractivity contribution in [3.63, 3.8) is 0 Å². The van der Waals surface area contributed by atoms with Crippen LogP contribution in [0.2, 0.25) is 0 Å². The molecule has 13 heteroatoms. The van der Waals surface area contributed by atoms with Crippen LogP contribution < -0.4 is 5.32 Å². The van der Waals surface area contributed by atoms with E-state index in [0.717, 1.165) is 11.3 Å². The Morgan fingerprint density at radius 2 is 2.25 bits per heavy atom. The minimum Gasteiger partial charge on any atom is -0.310 e. The van der Waals surface area contributed by atoms with Crippen LogP contribution in [-0.4, -0.2) is 64.3 Å². The summed E-state index contributed by atoms with van der Waals surface area (Å²) >= 11 is 1.12. The van der Waals surface area contributed by atoms with Crippen molar-refractivity contribution in [3.05, 3.63) is 16.6 Å². The predicted octanol–water partition coefficient (Wildman–Crippen LogP) is -0.147. The van der Waals surface area contributed by atoms with Crippen molar-refractivity contribution in [2.24, 2.45) is 0 Å². The van der Waals surface area contributed by atoms with E-state index in [4.69, 9.17) is 9.96 Å². The molecule has 1 aromatic heterocycles. The van der Waals surface area contributed by atoms with E-state index in [0.29, 0.717) is 17.9 Å². The fourth-order valence-electron chi connectivity index (χ4n) is 2.73. The van der Waals surface area contributed by atoms with Crippen molar-refractivity contribution in [3.8, 4) is 0 Å². The first-order valence-electron chi connectivity index (χ1n) is 6.82. The summed E-state index contributed by atoms with van der Waals surface area (Å²) in [5.41, 5.74) is 0. The van der Waals surface area contributed by atoms with Gasteiger partial charge in [-0.05, 0) is 12.8 Å². The maximum Gasteiger partial charge on any atom is 0.418 e. The molecule has 2 fully saturated rings. The van der Waals surface area contributed by atoms with Crippen LogP contribution in [0.15, 0.2) is 11.6 Å². The van der Waals surface area contributed by atoms with Crippen LogP contribution in [0.25, 0.3) is 0 Å². The molecular weight excluding hydrogens is 362 g/mol. The Morgan fingerprint density at radius 1 is 1.50 bits per heavy atom. The number of piperidine rings is 1. The van der Waals surface area contributed by atoms with Crippen LogP contribution in [0.4, 0.5) is 4.79 Å². The molecule has 3 N–H and O–H groups in total. The lowest BCUT2D eigenvalue weighted by molar-refractivity contribution is -0.0316. The third kappa shape index (κ3) is 3.24. The van der Waals surface area contributed by atoms with Crippen molar-refractivity contribution in [1.29, 1.82) is 5.41 Å². The van der Waals surface area contributed by atoms with Gasteiger partial charge in [0.05, 0.1) is 12.1 Å². The summed E-state index contributed by atoms with van der Waals surface area (Å²) in [7, 11) is -4.82. The van der Waals surface area contributed by atoms with Crippen LogP contribution >= 0.6 is 11.3 Å². The second-order valence-electron chi connectivity index (χ2n) is 5.22. The lowest BCUT2D eigenvalue weighted by atomic mass is 10.00. The van der Waals surface area contributed by atoms with Crippen LogP contribution in [0.3, 0.4) is 0 Å². The van der Waals surface area contributed by atoms with Gasteiger partial charge in [-0.3, -0.25) is 14.8 Å². The predicted molar refractivity (Wildman–Crippen MR) is 80.7 cm³/mol. The van der Waals surface area contributed by atoms with Crippen LogP contribution in [0.5, 0.6) is 0 Å². The molecule has 11 nitrogen and oxygen atoms in total. The average molecular weight is 375 g/mol. The normalized spacial score (nSPS) is 23.5. The van der Waals surface area contributed by atoms with Gasteiger partial charge in [0.25, 0.3) is 5.91 Å². The number of hydroxylamine groups is 2. The van der Waals surface area contributed by atoms with Crippen molar-refractivity contribution in [2.45, 2.75) is 24.9 Å². The Balaban J connectivity index is 1.69. The summed E-state index contributed by atoms with van der Waals surface area (Å²) < 4.78 is 34.7. The molecule has 2 atom stereocenters. The van der Waals surface area contributed by atoms with Crippen molar-refractivity contribution < 1.29 is 26.8 Å². The van der Waals surface area contributed by atoms with Gasteiger partial charge in [0.15, 0.2) is 5.01 Å². The number of fused-ring (bicyclic) bond motifs is 2. The first kappa shape index (κ1) is 16.8. The number of aromatic nitrogens is 1. The number of amides is 3. The fourth-order valence-corrected chi connectivity index (χ4v) is 3.65. The maximum absolute atomic E-state index is 12.2. The molecule has 0 aliphatic carbocycles. The molecule has 3 heterocycles. The summed E-state index contributed by atoms with van der Waals surface area (Å²) in [6.07, 6.45) is 2.17. The lowest BCUT2D eigenvalue weighted by Gasteiger charge is -2.30. The zero-order chi connectivity index (χ0) is 17.5. The lowest BCUT2D eigenvalue weighted by Crippen LogP contribution is -2.50. The number of hydrogen-bond donors (Lipinski definition) is 3. The van der Waals surface area contributed by atoms with Gasteiger partial charge in [0, 0.05) is 18.1 Å². The molecule has 0 radical (unpaired) electrons. The second kappa shape index (κ2) is 6.08. The zero-order valence-corrected chi connectivity index (χ0v) is 13.7. The van der Waals surface area contributed by atoms with Crippen LogP contribution in [0.1, 0.15) is 22.6 Å². The number of rotatable bonds is 4. The molecule has 2 aliphatic heterocycles. The highest BCUT2D eigenvalue weighted by atomic mass is 32.3. The molecule has 24 heavy (non-hydrogen) atoms. The number of nitrogens with one attached hydrogen (secondary N) is 2. The number of amidine groups is 1. The number of urea groups is 1. The van der Waals surface area contributed by atoms with Gasteiger partial charge < -0.3 is 10.2 Å². The van der Waals surface area contributed by atoms with Gasteiger partial charge >= 0.3 is 16.4 Å². The largest absolute Gasteiger partial charge is 0.418 e. The third-order valence-corrected chi connectivity index (χ3v) is 4.83. The van der Waals surface area contributed by atoms with Gasteiger partial charge in [0.1, 0.15) is 5.84 Å². The van der Waals surface area contributed by atoms with E-state index in [1.807, 2.05) is 0 Å². The first-order chi connectivity index (χ1) is 11.3. The number of carbonyl (C=O) groups is 2. The highest BCUT2D eigenvalue weighted by Gasteiger charge is 2.48. The van der Waals surface area contributed by atoms with E-state index < -0.39 is 34.4 Å². The first-order valence-corrected chi connectivity index (χ1v) is 9.07. The summed E-state index contributed by atoms with van der Waals surface area (Å²) in [4.78, 5) is 29.2. The number of hydrogen-bond acceptors (Lipinski definition) is 8. The molecule has 0 spiro atoms. The van der Waals surface area contributed by atoms with Gasteiger partial charge in [-0.25, -0.2) is 9.78 Å². The maximum atomic E-state index is 12.2. The molecule has 2 aliphatic rings. The van der Waals surface area contributed by atoms with Crippen molar-refractivity contribution >= 4 is 39.5 Å². The Kier molecular flexibility index (Phi) is 4.25. The van der Waals surface area contributed by atoms with E-state index in [1.165, 1.54) is 11.1 Å². The minimum atomic E-state index is -4.82. The number of carbonyl (C=O) groups excluding carboxylic acids is 2. The SMILES string of the molecule is N=C(NC(=O)c1nccs1)[C@@H]1CCC2CN1C(=O)N2OS(=O)(=O)O. The molecule has 2 bridgehead atoms. The highest BCUT2D eigenvalue weighted by Crippen LogP contribution is 2.30. The molecule has 2 saturated heterocycles. The molecule has 130 valence electrons. The molecule has 1 unspecified atom stereocenters. The number of thiazole rings is 1. The van der Waals surface area contributed by atoms with Gasteiger partial charge in [-0.2, -0.15) is 13.5 Å². The summed E-state index contributed by atoms with van der Waals surface area (Å²) in [5.74, 6) is -0.731. The van der Waals surface area contributed by atoms with E-state index >= 15 is 0 Å². The van der Waals surface area contributed by atoms with Crippen LogP contribution in [0, 0.1) is 5.41 Å². The Bertz CT molecular complexity index is 779. The van der Waals surface area contributed by atoms with E-state index in [2.05, 4.69) is 14.6 Å². The second-order valence-corrected chi connectivity index (χ2v) is 7.11. The summed E-state index contributed by atoms with van der Waals surface area (Å²) in [6, 6.07) is -2.04.